The summed E-state index contributed by atoms with van der Waals surface area (Å²) < 4.78 is 27.6. The first-order chi connectivity index (χ1) is 12.8. The number of hydrogen-bond acceptors (Lipinski definition) is 2. The van der Waals surface area contributed by atoms with Crippen LogP contribution in [0.5, 0.6) is 0 Å². The zero-order valence-electron chi connectivity index (χ0n) is 16.1. The Kier molecular flexibility index (Phi) is 5.44. The fourth-order valence-electron chi connectivity index (χ4n) is 3.66. The van der Waals surface area contributed by atoms with E-state index in [0.29, 0.717) is 11.6 Å². The molecule has 144 valence electrons. The van der Waals surface area contributed by atoms with Crippen LogP contribution >= 0.6 is 0 Å². The summed E-state index contributed by atoms with van der Waals surface area (Å²) in [5, 5.41) is 6.56. The zero-order chi connectivity index (χ0) is 19.7. The van der Waals surface area contributed by atoms with Gasteiger partial charge in [0.25, 0.3) is 12.3 Å². The molecule has 0 spiro atoms. The number of nitrogens with zero attached hydrogens (tertiary/aromatic N) is 2. The monoisotopic (exact) mass is 373 g/mol. The van der Waals surface area contributed by atoms with Crippen LogP contribution < -0.4 is 5.32 Å². The van der Waals surface area contributed by atoms with Gasteiger partial charge in [0.1, 0.15) is 5.69 Å². The Balaban J connectivity index is 1.90. The topological polar surface area (TPSA) is 46.9 Å². The van der Waals surface area contributed by atoms with E-state index in [1.165, 1.54) is 23.5 Å². The molecule has 0 bridgehead atoms. The molecular weight excluding hydrogens is 348 g/mol. The van der Waals surface area contributed by atoms with Gasteiger partial charge in [0, 0.05) is 24.8 Å². The molecular formula is C21H25F2N3O. The van der Waals surface area contributed by atoms with E-state index in [4.69, 9.17) is 0 Å². The van der Waals surface area contributed by atoms with Gasteiger partial charge in [-0.15, -0.1) is 0 Å². The summed E-state index contributed by atoms with van der Waals surface area (Å²) in [5.41, 5.74) is 3.47. The number of hydrogen-bond donors (Lipinski definition) is 1. The predicted molar refractivity (Wildman–Crippen MR) is 103 cm³/mol. The van der Waals surface area contributed by atoms with Crippen molar-refractivity contribution in [1.29, 1.82) is 0 Å². The number of allylic oxidation sites excluding steroid dienone is 2. The molecule has 1 heterocycles. The Labute approximate surface area is 158 Å². The maximum Gasteiger partial charge on any atom is 0.282 e. The van der Waals surface area contributed by atoms with Gasteiger partial charge in [-0.2, -0.15) is 5.10 Å². The first kappa shape index (κ1) is 19.3. The third kappa shape index (κ3) is 3.94. The van der Waals surface area contributed by atoms with E-state index in [9.17, 15) is 13.6 Å². The number of fused-ring (bicyclic) bond motifs is 1. The van der Waals surface area contributed by atoms with Crippen LogP contribution in [0, 0.1) is 5.92 Å². The summed E-state index contributed by atoms with van der Waals surface area (Å²) in [4.78, 5) is 12.7. The smallest absolute Gasteiger partial charge is 0.282 e. The summed E-state index contributed by atoms with van der Waals surface area (Å²) >= 11 is 0. The standard InChI is InChI=1S/C21H25F2N3O/c1-12(2)8-9-14-10-13(3)15-6-5-7-17(18(14)15)24-21(27)16-11-26(4)25-19(16)20(22)23/h5-7,10-12,14,20H,8-9H2,1-4H3,(H,24,27). The van der Waals surface area contributed by atoms with E-state index in [-0.39, 0.29) is 11.5 Å². The number of nitrogens with one attached hydrogen (secondary N) is 1. The predicted octanol–water partition coefficient (Wildman–Crippen LogP) is 5.55. The minimum absolute atomic E-state index is 0.0912. The molecule has 1 unspecified atom stereocenters. The summed E-state index contributed by atoms with van der Waals surface area (Å²) in [6.07, 6.45) is 2.84. The van der Waals surface area contributed by atoms with Gasteiger partial charge in [0.05, 0.1) is 5.56 Å². The van der Waals surface area contributed by atoms with Gasteiger partial charge in [0.15, 0.2) is 0 Å². The molecule has 0 saturated heterocycles. The van der Waals surface area contributed by atoms with Gasteiger partial charge in [-0.3, -0.25) is 9.48 Å². The second-order valence-electron chi connectivity index (χ2n) is 7.55. The summed E-state index contributed by atoms with van der Waals surface area (Å²) in [6, 6.07) is 5.76. The molecule has 0 fully saturated rings. The van der Waals surface area contributed by atoms with Crippen LogP contribution in [0.4, 0.5) is 14.5 Å². The Morgan fingerprint density at radius 2 is 2.07 bits per heavy atom. The Morgan fingerprint density at radius 1 is 1.33 bits per heavy atom. The second-order valence-corrected chi connectivity index (χ2v) is 7.55. The molecule has 1 aromatic heterocycles. The largest absolute Gasteiger partial charge is 0.322 e. The van der Waals surface area contributed by atoms with Crippen LogP contribution in [-0.4, -0.2) is 15.7 Å². The van der Waals surface area contributed by atoms with E-state index in [1.807, 2.05) is 18.2 Å². The molecule has 2 aromatic rings. The van der Waals surface area contributed by atoms with Crippen LogP contribution in [0.25, 0.3) is 5.57 Å². The van der Waals surface area contributed by atoms with E-state index in [0.717, 1.165) is 24.0 Å². The molecule has 1 amide bonds. The van der Waals surface area contributed by atoms with Gasteiger partial charge in [0.2, 0.25) is 0 Å². The maximum atomic E-state index is 13.2. The molecule has 1 atom stereocenters. The SMILES string of the molecule is CC1=CC(CCC(C)C)c2c(NC(=O)c3cn(C)nc3C(F)F)cccc21. The third-order valence-electron chi connectivity index (χ3n) is 4.96. The molecule has 4 nitrogen and oxygen atoms in total. The number of carbonyl (C=O) groups is 1. The number of carbonyl (C=O) groups excluding carboxylic acids is 1. The van der Waals surface area contributed by atoms with Crippen LogP contribution in [0.2, 0.25) is 0 Å². The molecule has 1 aliphatic carbocycles. The minimum atomic E-state index is -2.80. The molecule has 0 radical (unpaired) electrons. The van der Waals surface area contributed by atoms with Gasteiger partial charge in [-0.1, -0.05) is 38.5 Å². The highest BCUT2D eigenvalue weighted by Crippen LogP contribution is 2.43. The third-order valence-corrected chi connectivity index (χ3v) is 4.96. The second kappa shape index (κ2) is 7.62. The highest BCUT2D eigenvalue weighted by Gasteiger charge is 2.27. The zero-order valence-corrected chi connectivity index (χ0v) is 16.1. The van der Waals surface area contributed by atoms with Crippen molar-refractivity contribution < 1.29 is 13.6 Å². The van der Waals surface area contributed by atoms with Crippen molar-refractivity contribution in [2.24, 2.45) is 13.0 Å². The number of alkyl halides is 2. The number of aryl methyl sites for hydroxylation is 1. The lowest BCUT2D eigenvalue weighted by molar-refractivity contribution is 0.101. The fourth-order valence-corrected chi connectivity index (χ4v) is 3.66. The van der Waals surface area contributed by atoms with Crippen LogP contribution in [0.15, 0.2) is 30.5 Å². The number of amides is 1. The normalized spacial score (nSPS) is 16.0. The summed E-state index contributed by atoms with van der Waals surface area (Å²) in [5.74, 6) is 0.259. The quantitative estimate of drug-likeness (QED) is 0.722. The number of benzene rings is 1. The van der Waals surface area contributed by atoms with Crippen LogP contribution in [-0.2, 0) is 7.05 Å². The van der Waals surface area contributed by atoms with E-state index < -0.39 is 18.0 Å². The average molecular weight is 373 g/mol. The average Bonchev–Trinajstić information content (AvgIpc) is 3.14. The number of halogens is 2. The molecule has 0 aliphatic heterocycles. The summed E-state index contributed by atoms with van der Waals surface area (Å²) in [6.45, 7) is 6.44. The Hall–Kier alpha value is -2.50. The molecule has 6 heteroatoms. The van der Waals surface area contributed by atoms with Crippen molar-refractivity contribution in [3.05, 3.63) is 52.9 Å². The lowest BCUT2D eigenvalue weighted by Gasteiger charge is -2.17. The lowest BCUT2D eigenvalue weighted by atomic mass is 9.91. The van der Waals surface area contributed by atoms with E-state index in [1.54, 1.807) is 0 Å². The Bertz CT molecular complexity index is 884. The molecule has 1 N–H and O–H groups in total. The number of anilines is 1. The first-order valence-electron chi connectivity index (χ1n) is 9.22. The molecule has 1 aliphatic rings. The van der Waals surface area contributed by atoms with Crippen molar-refractivity contribution in [3.63, 3.8) is 0 Å². The van der Waals surface area contributed by atoms with Gasteiger partial charge < -0.3 is 5.32 Å². The van der Waals surface area contributed by atoms with Crippen LogP contribution in [0.1, 0.15) is 73.1 Å². The van der Waals surface area contributed by atoms with Crippen molar-refractivity contribution in [2.45, 2.75) is 46.0 Å². The molecule has 0 saturated carbocycles. The van der Waals surface area contributed by atoms with E-state index >= 15 is 0 Å². The van der Waals surface area contributed by atoms with Gasteiger partial charge in [-0.05, 0) is 42.0 Å². The number of rotatable bonds is 6. The molecule has 27 heavy (non-hydrogen) atoms. The fraction of sp³-hybridized carbons (Fsp3) is 0.429. The first-order valence-corrected chi connectivity index (χ1v) is 9.22. The minimum Gasteiger partial charge on any atom is -0.322 e. The van der Waals surface area contributed by atoms with Gasteiger partial charge >= 0.3 is 0 Å². The van der Waals surface area contributed by atoms with E-state index in [2.05, 4.69) is 37.3 Å². The molecule has 3 rings (SSSR count). The van der Waals surface area contributed by atoms with Crippen molar-refractivity contribution in [1.82, 2.24) is 9.78 Å². The van der Waals surface area contributed by atoms with Crippen molar-refractivity contribution >= 4 is 17.2 Å². The van der Waals surface area contributed by atoms with Crippen molar-refractivity contribution in [2.75, 3.05) is 5.32 Å². The maximum absolute atomic E-state index is 13.2. The summed E-state index contributed by atoms with van der Waals surface area (Å²) in [7, 11) is 1.53. The van der Waals surface area contributed by atoms with Crippen LogP contribution in [0.3, 0.4) is 0 Å². The highest BCUT2D eigenvalue weighted by atomic mass is 19.3. The highest BCUT2D eigenvalue weighted by molar-refractivity contribution is 6.06. The Morgan fingerprint density at radius 3 is 2.74 bits per heavy atom. The van der Waals surface area contributed by atoms with Gasteiger partial charge in [-0.25, -0.2) is 8.78 Å². The molecule has 1 aromatic carbocycles. The number of aromatic nitrogens is 2. The lowest BCUT2D eigenvalue weighted by Crippen LogP contribution is -2.15. The van der Waals surface area contributed by atoms with Crippen molar-refractivity contribution in [3.8, 4) is 0 Å².